The number of nitrogens with zero attached hydrogens (tertiary/aromatic N) is 1. The van der Waals surface area contributed by atoms with Crippen LogP contribution in [0.1, 0.15) is 36.1 Å². The summed E-state index contributed by atoms with van der Waals surface area (Å²) in [7, 11) is 3.14. The Labute approximate surface area is 202 Å². The van der Waals surface area contributed by atoms with Gasteiger partial charge in [0.25, 0.3) is 5.91 Å². The van der Waals surface area contributed by atoms with Gasteiger partial charge in [-0.25, -0.2) is 0 Å². The molecular formula is C25H23Cl2N3O3. The van der Waals surface area contributed by atoms with Crippen molar-refractivity contribution in [2.24, 2.45) is 0 Å². The highest BCUT2D eigenvalue weighted by molar-refractivity contribution is 6.38. The average Bonchev–Trinajstić information content (AvgIpc) is 3.23. The fraction of sp³-hybridized carbons (Fsp3) is 0.280. The lowest BCUT2D eigenvalue weighted by Crippen LogP contribution is -2.14. The van der Waals surface area contributed by atoms with Crippen molar-refractivity contribution < 1.29 is 14.3 Å². The predicted octanol–water partition coefficient (Wildman–Crippen LogP) is 5.64. The van der Waals surface area contributed by atoms with Gasteiger partial charge in [-0.3, -0.25) is 9.89 Å². The summed E-state index contributed by atoms with van der Waals surface area (Å²) in [6.07, 6.45) is 2.29. The maximum absolute atomic E-state index is 12.0. The molecule has 1 aliphatic carbocycles. The van der Waals surface area contributed by atoms with Crippen molar-refractivity contribution in [3.8, 4) is 34.6 Å². The van der Waals surface area contributed by atoms with Crippen LogP contribution >= 0.6 is 23.2 Å². The van der Waals surface area contributed by atoms with E-state index < -0.39 is 0 Å². The van der Waals surface area contributed by atoms with Gasteiger partial charge in [-0.05, 0) is 44.1 Å². The van der Waals surface area contributed by atoms with Gasteiger partial charge in [0, 0.05) is 28.5 Å². The summed E-state index contributed by atoms with van der Waals surface area (Å²) >= 11 is 13.3. The second-order valence-corrected chi connectivity index (χ2v) is 8.42. The fourth-order valence-electron chi connectivity index (χ4n) is 4.30. The number of benzene rings is 2. The summed E-state index contributed by atoms with van der Waals surface area (Å²) in [5.74, 6) is 5.90. The number of rotatable bonds is 5. The summed E-state index contributed by atoms with van der Waals surface area (Å²) in [6, 6.07) is 9.28. The number of hydrogen-bond acceptors (Lipinski definition) is 4. The number of anilines is 1. The molecule has 8 heteroatoms. The lowest BCUT2D eigenvalue weighted by Gasteiger charge is -2.26. The molecule has 0 spiro atoms. The van der Waals surface area contributed by atoms with Crippen LogP contribution in [-0.2, 0) is 17.6 Å². The Hall–Kier alpha value is -3.14. The Morgan fingerprint density at radius 1 is 1.18 bits per heavy atom. The maximum Gasteiger partial charge on any atom is 0.300 e. The largest absolute Gasteiger partial charge is 0.495 e. The molecule has 2 aromatic carbocycles. The molecule has 2 N–H and O–H groups in total. The average molecular weight is 484 g/mol. The van der Waals surface area contributed by atoms with Crippen molar-refractivity contribution in [1.82, 2.24) is 10.2 Å². The smallest absolute Gasteiger partial charge is 0.300 e. The number of carbonyl (C=O) groups excluding carboxylic acids is 1. The molecule has 0 aliphatic heterocycles. The zero-order valence-corrected chi connectivity index (χ0v) is 20.0. The maximum atomic E-state index is 12.0. The quantitative estimate of drug-likeness (QED) is 0.460. The SMILES string of the molecule is CC#CC(=O)Nc1ccccc1-c1n[nH]c2c1CCC(c1c(Cl)c(OC)cc(OC)c1Cl)C2. The molecule has 1 aromatic heterocycles. The molecular weight excluding hydrogens is 461 g/mol. The van der Waals surface area contributed by atoms with Crippen LogP contribution in [0.5, 0.6) is 11.5 Å². The monoisotopic (exact) mass is 483 g/mol. The van der Waals surface area contributed by atoms with E-state index in [4.69, 9.17) is 32.7 Å². The number of ether oxygens (including phenoxy) is 2. The first kappa shape index (κ1) is 23.0. The number of amides is 1. The third-order valence-electron chi connectivity index (χ3n) is 5.83. The van der Waals surface area contributed by atoms with E-state index >= 15 is 0 Å². The van der Waals surface area contributed by atoms with Gasteiger partial charge in [0.15, 0.2) is 0 Å². The van der Waals surface area contributed by atoms with Crippen LogP contribution in [0.15, 0.2) is 30.3 Å². The van der Waals surface area contributed by atoms with Crippen molar-refractivity contribution in [2.45, 2.75) is 32.1 Å². The van der Waals surface area contributed by atoms with Gasteiger partial charge >= 0.3 is 0 Å². The van der Waals surface area contributed by atoms with Gasteiger partial charge in [0.2, 0.25) is 0 Å². The molecule has 6 nitrogen and oxygen atoms in total. The standard InChI is InChI=1S/C25H23Cl2N3O3/c1-4-7-21(31)28-17-9-6-5-8-15(17)25-16-11-10-14(12-18(16)29-30-25)22-23(26)19(32-2)13-20(33-3)24(22)27/h5-6,8-9,13-14H,10-12H2,1-3H3,(H,28,31)(H,29,30). The number of para-hydroxylation sites is 1. The van der Waals surface area contributed by atoms with E-state index in [9.17, 15) is 4.79 Å². The van der Waals surface area contributed by atoms with Gasteiger partial charge in [-0.2, -0.15) is 5.10 Å². The number of nitrogens with one attached hydrogen (secondary N) is 2. The molecule has 4 rings (SSSR count). The minimum Gasteiger partial charge on any atom is -0.495 e. The molecule has 0 saturated carbocycles. The van der Waals surface area contributed by atoms with Gasteiger partial charge < -0.3 is 14.8 Å². The summed E-state index contributed by atoms with van der Waals surface area (Å²) in [4.78, 5) is 12.0. The minimum absolute atomic E-state index is 0.0737. The molecule has 1 unspecified atom stereocenters. The minimum atomic E-state index is -0.356. The first-order chi connectivity index (χ1) is 16.0. The molecule has 0 radical (unpaired) electrons. The lowest BCUT2D eigenvalue weighted by molar-refractivity contribution is -0.111. The summed E-state index contributed by atoms with van der Waals surface area (Å²) in [5.41, 5.74) is 5.30. The van der Waals surface area contributed by atoms with E-state index in [1.54, 1.807) is 27.2 Å². The van der Waals surface area contributed by atoms with Crippen LogP contribution in [0.3, 0.4) is 0 Å². The zero-order valence-electron chi connectivity index (χ0n) is 18.5. The van der Waals surface area contributed by atoms with Crippen LogP contribution < -0.4 is 14.8 Å². The summed E-state index contributed by atoms with van der Waals surface area (Å²) < 4.78 is 10.9. The summed E-state index contributed by atoms with van der Waals surface area (Å²) in [5, 5.41) is 11.6. The van der Waals surface area contributed by atoms with E-state index in [-0.39, 0.29) is 11.8 Å². The molecule has 1 heterocycles. The third kappa shape index (κ3) is 4.39. The Balaban J connectivity index is 1.69. The van der Waals surface area contributed by atoms with E-state index in [2.05, 4.69) is 27.4 Å². The third-order valence-corrected chi connectivity index (χ3v) is 6.61. The van der Waals surface area contributed by atoms with Gasteiger partial charge in [0.05, 0.1) is 35.6 Å². The number of carbonyl (C=O) groups is 1. The number of methoxy groups -OCH3 is 2. The van der Waals surface area contributed by atoms with Crippen LogP contribution in [0.25, 0.3) is 11.3 Å². The van der Waals surface area contributed by atoms with Crippen LogP contribution in [0, 0.1) is 11.8 Å². The van der Waals surface area contributed by atoms with Crippen molar-refractivity contribution in [1.29, 1.82) is 0 Å². The molecule has 0 bridgehead atoms. The molecule has 1 amide bonds. The van der Waals surface area contributed by atoms with Crippen molar-refractivity contribution in [3.05, 3.63) is 57.2 Å². The number of hydrogen-bond donors (Lipinski definition) is 2. The van der Waals surface area contributed by atoms with E-state index in [0.29, 0.717) is 33.7 Å². The van der Waals surface area contributed by atoms with Crippen molar-refractivity contribution in [2.75, 3.05) is 19.5 Å². The number of aromatic amines is 1. The molecule has 3 aromatic rings. The molecule has 1 atom stereocenters. The Morgan fingerprint density at radius 3 is 2.55 bits per heavy atom. The number of fused-ring (bicyclic) bond motifs is 1. The highest BCUT2D eigenvalue weighted by Crippen LogP contribution is 2.48. The van der Waals surface area contributed by atoms with Gasteiger partial charge in [-0.1, -0.05) is 47.3 Å². The fourth-order valence-corrected chi connectivity index (χ4v) is 5.11. The highest BCUT2D eigenvalue weighted by atomic mass is 35.5. The summed E-state index contributed by atoms with van der Waals surface area (Å²) in [6.45, 7) is 1.63. The number of halogens is 2. The van der Waals surface area contributed by atoms with Crippen LogP contribution in [0.2, 0.25) is 10.0 Å². The molecule has 0 fully saturated rings. The Morgan fingerprint density at radius 2 is 1.88 bits per heavy atom. The second-order valence-electron chi connectivity index (χ2n) is 7.67. The second kappa shape index (κ2) is 9.78. The van der Waals surface area contributed by atoms with E-state index in [1.807, 2.05) is 24.3 Å². The number of H-pyrrole nitrogens is 1. The first-order valence-corrected chi connectivity index (χ1v) is 11.2. The van der Waals surface area contributed by atoms with E-state index in [1.165, 1.54) is 0 Å². The number of aromatic nitrogens is 2. The van der Waals surface area contributed by atoms with Crippen LogP contribution in [0.4, 0.5) is 5.69 Å². The van der Waals surface area contributed by atoms with Gasteiger partial charge in [0.1, 0.15) is 11.5 Å². The molecule has 33 heavy (non-hydrogen) atoms. The Bertz CT molecular complexity index is 1250. The van der Waals surface area contributed by atoms with Crippen molar-refractivity contribution in [3.63, 3.8) is 0 Å². The molecule has 1 aliphatic rings. The lowest BCUT2D eigenvalue weighted by atomic mass is 9.81. The normalized spacial score (nSPS) is 14.6. The first-order valence-electron chi connectivity index (χ1n) is 10.5. The van der Waals surface area contributed by atoms with Crippen LogP contribution in [-0.4, -0.2) is 30.3 Å². The van der Waals surface area contributed by atoms with E-state index in [0.717, 1.165) is 40.9 Å². The Kier molecular flexibility index (Phi) is 6.83. The van der Waals surface area contributed by atoms with Crippen molar-refractivity contribution >= 4 is 34.8 Å². The van der Waals surface area contributed by atoms with Gasteiger partial charge in [-0.15, -0.1) is 0 Å². The zero-order chi connectivity index (χ0) is 23.5. The molecule has 0 saturated heterocycles. The topological polar surface area (TPSA) is 76.2 Å². The predicted molar refractivity (Wildman–Crippen MR) is 130 cm³/mol. The highest BCUT2D eigenvalue weighted by Gasteiger charge is 2.30. The molecule has 170 valence electrons.